The first-order chi connectivity index (χ1) is 6.25. The van der Waals surface area contributed by atoms with E-state index >= 15 is 0 Å². The first kappa shape index (κ1) is 12.7. The molecule has 0 saturated carbocycles. The monoisotopic (exact) mass is 199 g/mol. The van der Waals surface area contributed by atoms with Crippen LogP contribution in [0.5, 0.6) is 0 Å². The van der Waals surface area contributed by atoms with Crippen LogP contribution in [-0.4, -0.2) is 30.3 Å². The largest absolute Gasteiger partial charge is 0.357 e. The van der Waals surface area contributed by atoms with Crippen LogP contribution in [0.4, 0.5) is 0 Å². The van der Waals surface area contributed by atoms with Gasteiger partial charge in [0.2, 0.25) is 5.91 Å². The van der Waals surface area contributed by atoms with Gasteiger partial charge in [0.05, 0.1) is 0 Å². The van der Waals surface area contributed by atoms with Crippen LogP contribution >= 0.6 is 0 Å². The van der Waals surface area contributed by atoms with Crippen molar-refractivity contribution in [3.63, 3.8) is 0 Å². The van der Waals surface area contributed by atoms with Crippen molar-refractivity contribution >= 4 is 12.2 Å². The highest BCUT2D eigenvalue weighted by Crippen LogP contribution is 2.14. The third kappa shape index (κ3) is 3.64. The number of nitrogens with zero attached hydrogens (tertiary/aromatic N) is 2. The minimum absolute atomic E-state index is 0.233. The molecule has 0 spiro atoms. The SMILES string of the molecule is CNC(=O)C(C)(C)N=NC(C)(C)C=O. The lowest BCUT2D eigenvalue weighted by atomic mass is 10.1. The van der Waals surface area contributed by atoms with Crippen LogP contribution in [0.25, 0.3) is 0 Å². The molecule has 5 heteroatoms. The molecule has 1 N–H and O–H groups in total. The van der Waals surface area contributed by atoms with E-state index in [0.717, 1.165) is 0 Å². The summed E-state index contributed by atoms with van der Waals surface area (Å²) in [7, 11) is 1.53. The van der Waals surface area contributed by atoms with E-state index in [-0.39, 0.29) is 5.91 Å². The number of hydrogen-bond acceptors (Lipinski definition) is 4. The van der Waals surface area contributed by atoms with Crippen LogP contribution < -0.4 is 5.32 Å². The number of nitrogens with one attached hydrogen (secondary N) is 1. The van der Waals surface area contributed by atoms with Crippen LogP contribution in [0, 0.1) is 0 Å². The van der Waals surface area contributed by atoms with E-state index in [1.54, 1.807) is 27.7 Å². The quantitative estimate of drug-likeness (QED) is 0.540. The smallest absolute Gasteiger partial charge is 0.249 e. The third-order valence-corrected chi connectivity index (χ3v) is 1.63. The van der Waals surface area contributed by atoms with Crippen molar-refractivity contribution in [3.05, 3.63) is 0 Å². The maximum Gasteiger partial charge on any atom is 0.249 e. The van der Waals surface area contributed by atoms with E-state index < -0.39 is 11.1 Å². The summed E-state index contributed by atoms with van der Waals surface area (Å²) in [5.41, 5.74) is -1.81. The normalized spacial score (nSPS) is 12.9. The van der Waals surface area contributed by atoms with E-state index in [2.05, 4.69) is 15.5 Å². The van der Waals surface area contributed by atoms with Gasteiger partial charge in [0.15, 0.2) is 5.54 Å². The highest BCUT2D eigenvalue weighted by atomic mass is 16.2. The molecule has 14 heavy (non-hydrogen) atoms. The zero-order valence-electron chi connectivity index (χ0n) is 9.29. The number of aldehydes is 1. The highest BCUT2D eigenvalue weighted by molar-refractivity contribution is 5.85. The van der Waals surface area contributed by atoms with Crippen LogP contribution in [0.15, 0.2) is 10.2 Å². The summed E-state index contributed by atoms with van der Waals surface area (Å²) >= 11 is 0. The Bertz CT molecular complexity index is 257. The topological polar surface area (TPSA) is 70.9 Å². The van der Waals surface area contributed by atoms with Gasteiger partial charge in [-0.3, -0.25) is 4.79 Å². The second-order valence-corrected chi connectivity index (χ2v) is 4.11. The van der Waals surface area contributed by atoms with E-state index in [1.807, 2.05) is 0 Å². The van der Waals surface area contributed by atoms with Crippen molar-refractivity contribution in [2.24, 2.45) is 10.2 Å². The molecule has 0 fully saturated rings. The third-order valence-electron chi connectivity index (χ3n) is 1.63. The predicted octanol–water partition coefficient (Wildman–Crippen LogP) is 0.941. The Hall–Kier alpha value is -1.26. The summed E-state index contributed by atoms with van der Waals surface area (Å²) in [5.74, 6) is -0.233. The van der Waals surface area contributed by atoms with Crippen molar-refractivity contribution in [2.45, 2.75) is 38.8 Å². The molecule has 0 aromatic rings. The van der Waals surface area contributed by atoms with Gasteiger partial charge in [-0.2, -0.15) is 10.2 Å². The fourth-order valence-electron chi connectivity index (χ4n) is 0.629. The maximum atomic E-state index is 11.3. The van der Waals surface area contributed by atoms with Crippen LogP contribution in [0.2, 0.25) is 0 Å². The lowest BCUT2D eigenvalue weighted by Gasteiger charge is -2.18. The summed E-state index contributed by atoms with van der Waals surface area (Å²) in [6, 6.07) is 0. The van der Waals surface area contributed by atoms with E-state index in [0.29, 0.717) is 6.29 Å². The Morgan fingerprint density at radius 2 is 1.71 bits per heavy atom. The fraction of sp³-hybridized carbons (Fsp3) is 0.778. The van der Waals surface area contributed by atoms with Crippen molar-refractivity contribution in [1.29, 1.82) is 0 Å². The molecular formula is C9H17N3O2. The van der Waals surface area contributed by atoms with Crippen LogP contribution in [-0.2, 0) is 9.59 Å². The number of amides is 1. The molecule has 0 aliphatic rings. The molecule has 0 saturated heterocycles. The van der Waals surface area contributed by atoms with Gasteiger partial charge in [0, 0.05) is 7.05 Å². The van der Waals surface area contributed by atoms with Gasteiger partial charge < -0.3 is 10.1 Å². The van der Waals surface area contributed by atoms with Gasteiger partial charge >= 0.3 is 0 Å². The molecule has 80 valence electrons. The summed E-state index contributed by atoms with van der Waals surface area (Å²) in [6.45, 7) is 6.53. The number of hydrogen-bond donors (Lipinski definition) is 1. The second-order valence-electron chi connectivity index (χ2n) is 4.11. The average Bonchev–Trinajstić information content (AvgIpc) is 2.14. The summed E-state index contributed by atoms with van der Waals surface area (Å²) < 4.78 is 0. The molecule has 0 aromatic carbocycles. The summed E-state index contributed by atoms with van der Waals surface area (Å²) in [5, 5.41) is 10.1. The molecule has 0 aliphatic heterocycles. The van der Waals surface area contributed by atoms with Gasteiger partial charge in [-0.1, -0.05) is 0 Å². The lowest BCUT2D eigenvalue weighted by molar-refractivity contribution is -0.125. The van der Waals surface area contributed by atoms with Gasteiger partial charge in [0.25, 0.3) is 0 Å². The zero-order chi connectivity index (χ0) is 11.4. The van der Waals surface area contributed by atoms with Gasteiger partial charge in [0.1, 0.15) is 11.8 Å². The number of carbonyl (C=O) groups is 2. The molecule has 0 rings (SSSR count). The first-order valence-corrected chi connectivity index (χ1v) is 4.38. The molecule has 0 radical (unpaired) electrons. The standard InChI is InChI=1S/C9H17N3O2/c1-8(2,6-13)11-12-9(3,4)7(14)10-5/h6H,1-5H3,(H,10,14). The Kier molecular flexibility index (Phi) is 3.92. The van der Waals surface area contributed by atoms with E-state index in [1.165, 1.54) is 7.05 Å². The van der Waals surface area contributed by atoms with Crippen LogP contribution in [0.1, 0.15) is 27.7 Å². The maximum absolute atomic E-state index is 11.3. The molecule has 5 nitrogen and oxygen atoms in total. The van der Waals surface area contributed by atoms with Crippen LogP contribution in [0.3, 0.4) is 0 Å². The lowest BCUT2D eigenvalue weighted by Crippen LogP contribution is -2.39. The Balaban J connectivity index is 4.66. The second kappa shape index (κ2) is 4.30. The van der Waals surface area contributed by atoms with E-state index in [9.17, 15) is 9.59 Å². The number of likely N-dealkylation sites (N-methyl/N-ethyl adjacent to an activating group) is 1. The number of rotatable bonds is 4. The molecular weight excluding hydrogens is 182 g/mol. The minimum Gasteiger partial charge on any atom is -0.357 e. The molecule has 0 aromatic heterocycles. The Labute approximate surface area is 84.0 Å². The van der Waals surface area contributed by atoms with E-state index in [4.69, 9.17) is 0 Å². The highest BCUT2D eigenvalue weighted by Gasteiger charge is 2.27. The van der Waals surface area contributed by atoms with Crippen molar-refractivity contribution in [1.82, 2.24) is 5.32 Å². The summed E-state index contributed by atoms with van der Waals surface area (Å²) in [4.78, 5) is 21.8. The fourth-order valence-corrected chi connectivity index (χ4v) is 0.629. The minimum atomic E-state index is -0.935. The van der Waals surface area contributed by atoms with Gasteiger partial charge in [-0.15, -0.1) is 0 Å². The predicted molar refractivity (Wildman–Crippen MR) is 53.1 cm³/mol. The number of azo groups is 1. The zero-order valence-corrected chi connectivity index (χ0v) is 9.29. The molecule has 0 bridgehead atoms. The average molecular weight is 199 g/mol. The Morgan fingerprint density at radius 1 is 1.21 bits per heavy atom. The molecule has 0 atom stereocenters. The van der Waals surface area contributed by atoms with Gasteiger partial charge in [-0.25, -0.2) is 0 Å². The Morgan fingerprint density at radius 3 is 2.07 bits per heavy atom. The number of carbonyl (C=O) groups excluding carboxylic acids is 2. The van der Waals surface area contributed by atoms with Crippen molar-refractivity contribution in [3.8, 4) is 0 Å². The molecule has 0 unspecified atom stereocenters. The molecule has 0 aliphatic carbocycles. The van der Waals surface area contributed by atoms with Crippen molar-refractivity contribution < 1.29 is 9.59 Å². The first-order valence-electron chi connectivity index (χ1n) is 4.38. The molecule has 1 amide bonds. The van der Waals surface area contributed by atoms with Gasteiger partial charge in [-0.05, 0) is 27.7 Å². The summed E-state index contributed by atoms with van der Waals surface area (Å²) in [6.07, 6.45) is 0.691. The molecule has 0 heterocycles. The van der Waals surface area contributed by atoms with Crippen molar-refractivity contribution in [2.75, 3.05) is 7.05 Å².